The number of carbonyl (C=O) groups is 1. The number of carbonyl (C=O) groups excluding carboxylic acids is 1. The molecular formula is C19H19FN6O3. The molecule has 0 saturated carbocycles. The predicted molar refractivity (Wildman–Crippen MR) is 104 cm³/mol. The molecule has 3 aromatic heterocycles. The lowest BCUT2D eigenvalue weighted by Crippen LogP contribution is -2.44. The lowest BCUT2D eigenvalue weighted by molar-refractivity contribution is 0.0759. The maximum absolute atomic E-state index is 13.6. The van der Waals surface area contributed by atoms with Crippen molar-refractivity contribution in [2.24, 2.45) is 7.05 Å². The van der Waals surface area contributed by atoms with Crippen molar-refractivity contribution in [3.63, 3.8) is 0 Å². The molecule has 2 atom stereocenters. The largest absolute Gasteiger partial charge is 0.394 e. The summed E-state index contributed by atoms with van der Waals surface area (Å²) in [6.45, 7) is 1.07. The maximum Gasteiger partial charge on any atom is 0.255 e. The fraction of sp³-hybridized carbons (Fsp3) is 0.263. The van der Waals surface area contributed by atoms with Crippen LogP contribution in [0.3, 0.4) is 0 Å². The van der Waals surface area contributed by atoms with Crippen molar-refractivity contribution < 1.29 is 19.4 Å². The third-order valence-corrected chi connectivity index (χ3v) is 4.78. The third kappa shape index (κ3) is 3.32. The Balaban J connectivity index is 1.77. The van der Waals surface area contributed by atoms with Crippen molar-refractivity contribution in [2.75, 3.05) is 6.61 Å². The molecule has 10 heteroatoms. The SMILES string of the molecule is C[C@@H](O)C(CO)NC(=O)c1c[nH]c2ncc(-c3nn(C)c4cc(F)ccc34)nc12. The summed E-state index contributed by atoms with van der Waals surface area (Å²) in [5.74, 6) is -0.870. The molecule has 0 aliphatic rings. The number of rotatable bonds is 5. The van der Waals surface area contributed by atoms with Gasteiger partial charge in [-0.15, -0.1) is 0 Å². The van der Waals surface area contributed by atoms with E-state index in [2.05, 4.69) is 25.4 Å². The monoisotopic (exact) mass is 398 g/mol. The van der Waals surface area contributed by atoms with Crippen LogP contribution in [0, 0.1) is 5.82 Å². The minimum absolute atomic E-state index is 0.222. The van der Waals surface area contributed by atoms with E-state index in [-0.39, 0.29) is 11.4 Å². The van der Waals surface area contributed by atoms with Crippen molar-refractivity contribution >= 4 is 28.0 Å². The van der Waals surface area contributed by atoms with E-state index in [9.17, 15) is 19.4 Å². The smallest absolute Gasteiger partial charge is 0.255 e. The van der Waals surface area contributed by atoms with Gasteiger partial charge in [-0.25, -0.2) is 14.4 Å². The van der Waals surface area contributed by atoms with Gasteiger partial charge in [0.1, 0.15) is 22.7 Å². The number of aliphatic hydroxyl groups is 2. The molecule has 29 heavy (non-hydrogen) atoms. The van der Waals surface area contributed by atoms with Crippen LogP contribution in [0.2, 0.25) is 0 Å². The number of nitrogens with one attached hydrogen (secondary N) is 2. The minimum Gasteiger partial charge on any atom is -0.394 e. The Morgan fingerprint density at radius 2 is 2.21 bits per heavy atom. The number of aromatic nitrogens is 5. The molecule has 0 aliphatic heterocycles. The number of hydrogen-bond donors (Lipinski definition) is 4. The lowest BCUT2D eigenvalue weighted by atomic mass is 10.1. The zero-order valence-corrected chi connectivity index (χ0v) is 15.7. The van der Waals surface area contributed by atoms with Crippen molar-refractivity contribution in [1.29, 1.82) is 0 Å². The van der Waals surface area contributed by atoms with Gasteiger partial charge in [0.15, 0.2) is 5.65 Å². The average molecular weight is 398 g/mol. The first-order chi connectivity index (χ1) is 13.9. The lowest BCUT2D eigenvalue weighted by Gasteiger charge is -2.18. The van der Waals surface area contributed by atoms with Gasteiger partial charge in [0.05, 0.1) is 36.0 Å². The van der Waals surface area contributed by atoms with Crippen molar-refractivity contribution in [3.8, 4) is 11.4 Å². The maximum atomic E-state index is 13.6. The van der Waals surface area contributed by atoms with Gasteiger partial charge >= 0.3 is 0 Å². The number of fused-ring (bicyclic) bond motifs is 2. The number of halogens is 1. The molecule has 4 aromatic rings. The van der Waals surface area contributed by atoms with E-state index in [0.29, 0.717) is 33.5 Å². The minimum atomic E-state index is -0.920. The highest BCUT2D eigenvalue weighted by Gasteiger charge is 2.22. The van der Waals surface area contributed by atoms with Crippen LogP contribution in [0.4, 0.5) is 4.39 Å². The molecule has 150 valence electrons. The van der Waals surface area contributed by atoms with E-state index >= 15 is 0 Å². The zero-order valence-electron chi connectivity index (χ0n) is 15.7. The molecule has 3 heterocycles. The third-order valence-electron chi connectivity index (χ3n) is 4.78. The number of aliphatic hydroxyl groups excluding tert-OH is 2. The van der Waals surface area contributed by atoms with Crippen LogP contribution in [0.5, 0.6) is 0 Å². The van der Waals surface area contributed by atoms with E-state index in [1.165, 1.54) is 31.5 Å². The molecular weight excluding hydrogens is 379 g/mol. The van der Waals surface area contributed by atoms with Crippen molar-refractivity contribution in [3.05, 3.63) is 42.0 Å². The molecule has 0 bridgehead atoms. The van der Waals surface area contributed by atoms with Gasteiger partial charge in [-0.1, -0.05) is 0 Å². The summed E-state index contributed by atoms with van der Waals surface area (Å²) in [6, 6.07) is 3.55. The number of amides is 1. The number of aryl methyl sites for hydroxylation is 1. The van der Waals surface area contributed by atoms with E-state index in [1.807, 2.05) is 0 Å². The van der Waals surface area contributed by atoms with Crippen LogP contribution < -0.4 is 5.32 Å². The Bertz CT molecular complexity index is 1220. The van der Waals surface area contributed by atoms with Gasteiger partial charge in [0.2, 0.25) is 0 Å². The first kappa shape index (κ1) is 19.0. The van der Waals surface area contributed by atoms with Gasteiger partial charge in [-0.3, -0.25) is 9.48 Å². The van der Waals surface area contributed by atoms with E-state index in [0.717, 1.165) is 0 Å². The van der Waals surface area contributed by atoms with Crippen LogP contribution in [-0.2, 0) is 7.05 Å². The van der Waals surface area contributed by atoms with Crippen LogP contribution in [0.25, 0.3) is 33.5 Å². The van der Waals surface area contributed by atoms with Crippen LogP contribution >= 0.6 is 0 Å². The van der Waals surface area contributed by atoms with E-state index in [4.69, 9.17) is 0 Å². The summed E-state index contributed by atoms with van der Waals surface area (Å²) in [4.78, 5) is 24.3. The number of aromatic amines is 1. The number of nitrogens with zero attached hydrogens (tertiary/aromatic N) is 4. The normalized spacial score (nSPS) is 13.7. The van der Waals surface area contributed by atoms with Gasteiger partial charge in [0.25, 0.3) is 5.91 Å². The molecule has 1 aromatic carbocycles. The van der Waals surface area contributed by atoms with Gasteiger partial charge < -0.3 is 20.5 Å². The second-order valence-corrected chi connectivity index (χ2v) is 6.79. The summed E-state index contributed by atoms with van der Waals surface area (Å²) in [5, 5.41) is 26.7. The fourth-order valence-corrected chi connectivity index (χ4v) is 3.16. The second kappa shape index (κ2) is 7.22. The molecule has 0 aliphatic carbocycles. The molecule has 4 N–H and O–H groups in total. The van der Waals surface area contributed by atoms with Crippen LogP contribution in [0.1, 0.15) is 17.3 Å². The van der Waals surface area contributed by atoms with Gasteiger partial charge in [0, 0.05) is 18.6 Å². The van der Waals surface area contributed by atoms with Crippen molar-refractivity contribution in [1.82, 2.24) is 30.0 Å². The highest BCUT2D eigenvalue weighted by molar-refractivity contribution is 6.05. The molecule has 0 spiro atoms. The number of benzene rings is 1. The molecule has 0 saturated heterocycles. The van der Waals surface area contributed by atoms with Crippen LogP contribution in [-0.4, -0.2) is 59.6 Å². The second-order valence-electron chi connectivity index (χ2n) is 6.79. The molecule has 0 fully saturated rings. The summed E-state index contributed by atoms with van der Waals surface area (Å²) >= 11 is 0. The van der Waals surface area contributed by atoms with E-state index in [1.54, 1.807) is 17.8 Å². The predicted octanol–water partition coefficient (Wildman–Crippen LogP) is 1.12. The van der Waals surface area contributed by atoms with Crippen LogP contribution in [0.15, 0.2) is 30.6 Å². The summed E-state index contributed by atoms with van der Waals surface area (Å²) < 4.78 is 15.1. The summed E-state index contributed by atoms with van der Waals surface area (Å²) in [7, 11) is 1.71. The highest BCUT2D eigenvalue weighted by atomic mass is 19.1. The molecule has 0 radical (unpaired) electrons. The average Bonchev–Trinajstić information content (AvgIpc) is 3.26. The quantitative estimate of drug-likeness (QED) is 0.399. The summed E-state index contributed by atoms with van der Waals surface area (Å²) in [5.41, 5.74) is 2.50. The summed E-state index contributed by atoms with van der Waals surface area (Å²) in [6.07, 6.45) is 2.07. The first-order valence-corrected chi connectivity index (χ1v) is 8.95. The molecule has 4 rings (SSSR count). The molecule has 1 unspecified atom stereocenters. The Morgan fingerprint density at radius 3 is 2.93 bits per heavy atom. The number of hydrogen-bond acceptors (Lipinski definition) is 6. The number of H-pyrrole nitrogens is 1. The standard InChI is InChI=1S/C19H19FN6O3/c1-9(28)14(8-27)24-19(29)12-6-21-18-17(12)23-13(7-22-18)16-11-4-3-10(20)5-15(11)26(2)25-16/h3-7,9,14,27-28H,8H2,1-2H3,(H,21,22)(H,24,29)/t9-,14?/m1/s1. The molecule has 9 nitrogen and oxygen atoms in total. The van der Waals surface area contributed by atoms with E-state index < -0.39 is 24.7 Å². The van der Waals surface area contributed by atoms with Gasteiger partial charge in [-0.2, -0.15) is 5.10 Å². The molecule has 1 amide bonds. The highest BCUT2D eigenvalue weighted by Crippen LogP contribution is 2.28. The Morgan fingerprint density at radius 1 is 1.41 bits per heavy atom. The zero-order chi connectivity index (χ0) is 20.7. The van der Waals surface area contributed by atoms with Crippen molar-refractivity contribution in [2.45, 2.75) is 19.1 Å². The Labute approximate surface area is 164 Å². The Kier molecular flexibility index (Phi) is 4.73. The Hall–Kier alpha value is -3.37. The fourth-order valence-electron chi connectivity index (χ4n) is 3.16. The first-order valence-electron chi connectivity index (χ1n) is 8.95. The topological polar surface area (TPSA) is 129 Å². The van der Waals surface area contributed by atoms with Gasteiger partial charge in [-0.05, 0) is 25.1 Å².